The fourth-order valence-electron chi connectivity index (χ4n) is 3.43. The minimum absolute atomic E-state index is 0.00656. The van der Waals surface area contributed by atoms with Crippen LogP contribution >= 0.6 is 11.3 Å². The summed E-state index contributed by atoms with van der Waals surface area (Å²) in [5.41, 5.74) is -0.213. The Morgan fingerprint density at radius 2 is 2.03 bits per heavy atom. The third-order valence-electron chi connectivity index (χ3n) is 4.79. The molecule has 1 fully saturated rings. The minimum Gasteiger partial charge on any atom is -0.483 e. The number of carbonyl (C=O) groups is 2. The van der Waals surface area contributed by atoms with Crippen LogP contribution in [0.15, 0.2) is 29.8 Å². The molecule has 4 rings (SSSR count). The van der Waals surface area contributed by atoms with Crippen LogP contribution in [0.5, 0.6) is 5.75 Å². The van der Waals surface area contributed by atoms with E-state index in [1.807, 2.05) is 0 Å². The van der Waals surface area contributed by atoms with E-state index in [-0.39, 0.29) is 29.3 Å². The highest BCUT2D eigenvalue weighted by molar-refractivity contribution is 7.09. The number of ether oxygens (including phenoxy) is 1. The lowest BCUT2D eigenvalue weighted by molar-refractivity contribution is 0.0684. The zero-order chi connectivity index (χ0) is 20.4. The third-order valence-corrected chi connectivity index (χ3v) is 5.54. The number of thiazole rings is 1. The van der Waals surface area contributed by atoms with Gasteiger partial charge in [-0.15, -0.1) is 11.3 Å². The van der Waals surface area contributed by atoms with Crippen molar-refractivity contribution in [1.29, 1.82) is 0 Å². The quantitative estimate of drug-likeness (QED) is 0.683. The Bertz CT molecular complexity index is 1070. The average Bonchev–Trinajstić information content (AvgIpc) is 3.25. The molecule has 7 nitrogen and oxygen atoms in total. The number of likely N-dealkylation sites (tertiary alicyclic amines) is 1. The van der Waals surface area contributed by atoms with Crippen LogP contribution in [0.4, 0.5) is 4.39 Å². The summed E-state index contributed by atoms with van der Waals surface area (Å²) in [6, 6.07) is 3.79. The van der Waals surface area contributed by atoms with E-state index in [1.165, 1.54) is 23.5 Å². The van der Waals surface area contributed by atoms with Gasteiger partial charge in [-0.1, -0.05) is 0 Å². The SMILES string of the molecule is O=C(O)c1nc2cc(F)ccc2c(C(=O)N2CCCCC2)c1OCc1nccs1. The number of rotatable bonds is 5. The molecule has 1 N–H and O–H groups in total. The van der Waals surface area contributed by atoms with Gasteiger partial charge in [0.15, 0.2) is 11.4 Å². The summed E-state index contributed by atoms with van der Waals surface area (Å²) >= 11 is 1.36. The maximum Gasteiger partial charge on any atom is 0.358 e. The van der Waals surface area contributed by atoms with Gasteiger partial charge in [0, 0.05) is 36.1 Å². The molecule has 1 saturated heterocycles. The number of fused-ring (bicyclic) bond motifs is 1. The van der Waals surface area contributed by atoms with Gasteiger partial charge in [0.05, 0.1) is 11.1 Å². The van der Waals surface area contributed by atoms with E-state index in [1.54, 1.807) is 16.5 Å². The van der Waals surface area contributed by atoms with Gasteiger partial charge in [0.25, 0.3) is 5.91 Å². The average molecular weight is 415 g/mol. The Balaban J connectivity index is 1.88. The smallest absolute Gasteiger partial charge is 0.358 e. The van der Waals surface area contributed by atoms with Crippen LogP contribution < -0.4 is 4.74 Å². The highest BCUT2D eigenvalue weighted by atomic mass is 32.1. The fourth-order valence-corrected chi connectivity index (χ4v) is 3.96. The number of carboxylic acid groups (broad SMARTS) is 1. The van der Waals surface area contributed by atoms with Crippen molar-refractivity contribution >= 4 is 34.1 Å². The van der Waals surface area contributed by atoms with Crippen molar-refractivity contribution < 1.29 is 23.8 Å². The number of aromatic nitrogens is 2. The second-order valence-corrected chi connectivity index (χ2v) is 7.68. The van der Waals surface area contributed by atoms with Crippen LogP contribution in [-0.4, -0.2) is 44.9 Å². The first-order chi connectivity index (χ1) is 14.0. The Hall–Kier alpha value is -3.07. The van der Waals surface area contributed by atoms with Gasteiger partial charge in [-0.2, -0.15) is 0 Å². The molecule has 1 aliphatic rings. The molecule has 29 heavy (non-hydrogen) atoms. The maximum atomic E-state index is 13.8. The number of benzene rings is 1. The second kappa shape index (κ2) is 8.12. The van der Waals surface area contributed by atoms with Gasteiger partial charge in [0.1, 0.15) is 17.4 Å². The summed E-state index contributed by atoms with van der Waals surface area (Å²) in [5.74, 6) is -2.35. The fraction of sp³-hybridized carbons (Fsp3) is 0.300. The van der Waals surface area contributed by atoms with Crippen molar-refractivity contribution in [2.45, 2.75) is 25.9 Å². The van der Waals surface area contributed by atoms with Crippen molar-refractivity contribution in [3.8, 4) is 5.75 Å². The van der Waals surface area contributed by atoms with Gasteiger partial charge in [-0.05, 0) is 31.4 Å². The van der Waals surface area contributed by atoms with Gasteiger partial charge < -0.3 is 14.7 Å². The van der Waals surface area contributed by atoms with E-state index in [9.17, 15) is 19.1 Å². The van der Waals surface area contributed by atoms with E-state index >= 15 is 0 Å². The molecule has 1 aliphatic heterocycles. The number of amides is 1. The zero-order valence-electron chi connectivity index (χ0n) is 15.4. The minimum atomic E-state index is -1.35. The highest BCUT2D eigenvalue weighted by Gasteiger charge is 2.29. The van der Waals surface area contributed by atoms with Crippen LogP contribution in [0.25, 0.3) is 10.9 Å². The molecule has 0 atom stereocenters. The number of carbonyl (C=O) groups excluding carboxylic acids is 1. The Kier molecular flexibility index (Phi) is 5.39. The number of halogens is 1. The van der Waals surface area contributed by atoms with Crippen LogP contribution in [0, 0.1) is 5.82 Å². The van der Waals surface area contributed by atoms with E-state index < -0.39 is 17.5 Å². The summed E-state index contributed by atoms with van der Waals surface area (Å²) in [6.07, 6.45) is 4.41. The van der Waals surface area contributed by atoms with Crippen LogP contribution in [-0.2, 0) is 6.61 Å². The number of aromatic carboxylic acids is 1. The van der Waals surface area contributed by atoms with Crippen LogP contribution in [0.3, 0.4) is 0 Å². The topological polar surface area (TPSA) is 92.6 Å². The lowest BCUT2D eigenvalue weighted by atomic mass is 10.0. The van der Waals surface area contributed by atoms with E-state index in [0.717, 1.165) is 25.3 Å². The standard InChI is InChI=1S/C20H18FN3O4S/c21-12-4-5-13-14(10-12)23-17(20(26)27)18(28-11-15-22-6-9-29-15)16(13)19(25)24-7-2-1-3-8-24/h4-6,9-10H,1-3,7-8,11H2,(H,26,27). The summed E-state index contributed by atoms with van der Waals surface area (Å²) < 4.78 is 19.6. The van der Waals surface area contributed by atoms with Gasteiger partial charge in [0.2, 0.25) is 0 Å². The van der Waals surface area contributed by atoms with E-state index in [4.69, 9.17) is 4.74 Å². The molecule has 3 heterocycles. The molecule has 150 valence electrons. The molecule has 1 amide bonds. The number of carboxylic acids is 1. The molecule has 0 bridgehead atoms. The normalized spacial score (nSPS) is 14.2. The predicted octanol–water partition coefficient (Wildman–Crippen LogP) is 3.73. The number of piperidine rings is 1. The number of hydrogen-bond acceptors (Lipinski definition) is 6. The molecule has 2 aromatic heterocycles. The summed E-state index contributed by atoms with van der Waals surface area (Å²) in [5, 5.41) is 12.5. The van der Waals surface area contributed by atoms with Gasteiger partial charge in [-0.3, -0.25) is 4.79 Å². The molecular weight excluding hydrogens is 397 g/mol. The molecule has 0 radical (unpaired) electrons. The van der Waals surface area contributed by atoms with Crippen molar-refractivity contribution in [3.05, 3.63) is 51.9 Å². The molecule has 0 saturated carbocycles. The molecule has 0 spiro atoms. The molecule has 9 heteroatoms. The first kappa shape index (κ1) is 19.3. The molecule has 1 aromatic carbocycles. The summed E-state index contributed by atoms with van der Waals surface area (Å²) in [7, 11) is 0. The maximum absolute atomic E-state index is 13.8. The summed E-state index contributed by atoms with van der Waals surface area (Å²) in [4.78, 5) is 35.1. The van der Waals surface area contributed by atoms with Crippen molar-refractivity contribution in [1.82, 2.24) is 14.9 Å². The monoisotopic (exact) mass is 415 g/mol. The van der Waals surface area contributed by atoms with Crippen molar-refractivity contribution in [2.75, 3.05) is 13.1 Å². The van der Waals surface area contributed by atoms with Gasteiger partial charge >= 0.3 is 5.97 Å². The van der Waals surface area contributed by atoms with Crippen molar-refractivity contribution in [2.24, 2.45) is 0 Å². The first-order valence-electron chi connectivity index (χ1n) is 9.21. The van der Waals surface area contributed by atoms with Crippen LogP contribution in [0.1, 0.15) is 45.1 Å². The Morgan fingerprint density at radius 3 is 2.72 bits per heavy atom. The van der Waals surface area contributed by atoms with E-state index in [0.29, 0.717) is 23.5 Å². The lowest BCUT2D eigenvalue weighted by Gasteiger charge is -2.28. The molecule has 0 unspecified atom stereocenters. The van der Waals surface area contributed by atoms with Crippen molar-refractivity contribution in [3.63, 3.8) is 0 Å². The molecule has 0 aliphatic carbocycles. The molecular formula is C20H18FN3O4S. The third kappa shape index (κ3) is 3.91. The number of pyridine rings is 1. The Morgan fingerprint density at radius 1 is 1.24 bits per heavy atom. The second-order valence-electron chi connectivity index (χ2n) is 6.70. The Labute approximate surface area is 169 Å². The predicted molar refractivity (Wildman–Crippen MR) is 105 cm³/mol. The first-order valence-corrected chi connectivity index (χ1v) is 10.1. The molecule has 3 aromatic rings. The van der Waals surface area contributed by atoms with Crippen LogP contribution in [0.2, 0.25) is 0 Å². The number of nitrogens with zero attached hydrogens (tertiary/aromatic N) is 3. The van der Waals surface area contributed by atoms with E-state index in [2.05, 4.69) is 9.97 Å². The highest BCUT2D eigenvalue weighted by Crippen LogP contribution is 2.33. The zero-order valence-corrected chi connectivity index (χ0v) is 16.2. The van der Waals surface area contributed by atoms with Gasteiger partial charge in [-0.25, -0.2) is 19.2 Å². The summed E-state index contributed by atoms with van der Waals surface area (Å²) in [6.45, 7) is 1.17. The largest absolute Gasteiger partial charge is 0.483 e. The number of hydrogen-bond donors (Lipinski definition) is 1. The lowest BCUT2D eigenvalue weighted by Crippen LogP contribution is -2.36.